The van der Waals surface area contributed by atoms with E-state index in [1.165, 1.54) is 25.1 Å². The summed E-state index contributed by atoms with van der Waals surface area (Å²) in [4.78, 5) is 2.54. The number of rotatable bonds is 6. The summed E-state index contributed by atoms with van der Waals surface area (Å²) in [6, 6.07) is 7.24. The Kier molecular flexibility index (Phi) is 5.34. The van der Waals surface area contributed by atoms with Crippen molar-refractivity contribution in [1.29, 1.82) is 0 Å². The summed E-state index contributed by atoms with van der Waals surface area (Å²) in [6.07, 6.45) is 2.41. The molecule has 1 aliphatic rings. The van der Waals surface area contributed by atoms with Crippen LogP contribution in [0.1, 0.15) is 38.3 Å². The second-order valence-electron chi connectivity index (χ2n) is 5.64. The van der Waals surface area contributed by atoms with E-state index >= 15 is 0 Å². The van der Waals surface area contributed by atoms with Crippen molar-refractivity contribution in [2.75, 3.05) is 26.2 Å². The number of hydrogen-bond donors (Lipinski definition) is 1. The summed E-state index contributed by atoms with van der Waals surface area (Å²) in [6.45, 7) is 8.96. The van der Waals surface area contributed by atoms with Gasteiger partial charge in [0.25, 0.3) is 0 Å². The third-order valence-electron chi connectivity index (χ3n) is 3.96. The predicted octanol–water partition coefficient (Wildman–Crippen LogP) is 3.21. The van der Waals surface area contributed by atoms with E-state index < -0.39 is 0 Å². The lowest BCUT2D eigenvalue weighted by atomic mass is 10.0. The summed E-state index contributed by atoms with van der Waals surface area (Å²) >= 11 is 0. The van der Waals surface area contributed by atoms with E-state index in [-0.39, 0.29) is 5.82 Å². The van der Waals surface area contributed by atoms with E-state index in [4.69, 9.17) is 0 Å². The highest BCUT2D eigenvalue weighted by atomic mass is 19.1. The first-order valence-corrected chi connectivity index (χ1v) is 7.40. The maximum absolute atomic E-state index is 13.0. The standard InChI is InChI=1S/C16H25FN2/c1-3-18-16(14-4-6-15(17)7-5-14)9-11-19-10-8-13(2)12-19/h4-7,13,16,18H,3,8-12H2,1-2H3. The molecule has 2 rings (SSSR count). The van der Waals surface area contributed by atoms with E-state index in [1.54, 1.807) is 12.1 Å². The zero-order chi connectivity index (χ0) is 13.7. The van der Waals surface area contributed by atoms with Crippen LogP contribution in [0.4, 0.5) is 4.39 Å². The van der Waals surface area contributed by atoms with Crippen LogP contribution in [0, 0.1) is 11.7 Å². The van der Waals surface area contributed by atoms with Gasteiger partial charge in [-0.25, -0.2) is 4.39 Å². The molecule has 19 heavy (non-hydrogen) atoms. The molecule has 0 aromatic heterocycles. The predicted molar refractivity (Wildman–Crippen MR) is 77.7 cm³/mol. The molecular weight excluding hydrogens is 239 g/mol. The zero-order valence-electron chi connectivity index (χ0n) is 12.0. The van der Waals surface area contributed by atoms with Crippen molar-refractivity contribution in [3.8, 4) is 0 Å². The third-order valence-corrected chi connectivity index (χ3v) is 3.96. The van der Waals surface area contributed by atoms with Crippen molar-refractivity contribution in [3.05, 3.63) is 35.6 Å². The minimum atomic E-state index is -0.160. The van der Waals surface area contributed by atoms with Crippen LogP contribution in [0.3, 0.4) is 0 Å². The van der Waals surface area contributed by atoms with Crippen LogP contribution in [0.25, 0.3) is 0 Å². The molecule has 2 nitrogen and oxygen atoms in total. The van der Waals surface area contributed by atoms with Gasteiger partial charge < -0.3 is 10.2 Å². The molecule has 0 amide bonds. The van der Waals surface area contributed by atoms with Gasteiger partial charge in [-0.1, -0.05) is 26.0 Å². The zero-order valence-corrected chi connectivity index (χ0v) is 12.0. The first-order chi connectivity index (χ1) is 9.19. The van der Waals surface area contributed by atoms with Crippen LogP contribution in [0.5, 0.6) is 0 Å². The van der Waals surface area contributed by atoms with Gasteiger partial charge in [0, 0.05) is 12.6 Å². The van der Waals surface area contributed by atoms with Crippen molar-refractivity contribution in [3.63, 3.8) is 0 Å². The van der Waals surface area contributed by atoms with Gasteiger partial charge in [-0.05, 0) is 56.1 Å². The highest BCUT2D eigenvalue weighted by Gasteiger charge is 2.19. The smallest absolute Gasteiger partial charge is 0.123 e. The molecule has 106 valence electrons. The molecule has 2 unspecified atom stereocenters. The van der Waals surface area contributed by atoms with Gasteiger partial charge in [0.15, 0.2) is 0 Å². The van der Waals surface area contributed by atoms with Crippen molar-refractivity contribution in [2.24, 2.45) is 5.92 Å². The summed E-state index contributed by atoms with van der Waals surface area (Å²) in [5.74, 6) is 0.677. The van der Waals surface area contributed by atoms with E-state index in [0.29, 0.717) is 6.04 Å². The number of nitrogens with one attached hydrogen (secondary N) is 1. The second kappa shape index (κ2) is 7.01. The fourth-order valence-electron chi connectivity index (χ4n) is 2.87. The Labute approximate surface area is 116 Å². The fourth-order valence-corrected chi connectivity index (χ4v) is 2.87. The average Bonchev–Trinajstić information content (AvgIpc) is 2.81. The molecule has 0 saturated carbocycles. The third kappa shape index (κ3) is 4.29. The lowest BCUT2D eigenvalue weighted by Gasteiger charge is -2.22. The Morgan fingerprint density at radius 1 is 1.37 bits per heavy atom. The molecule has 0 spiro atoms. The van der Waals surface area contributed by atoms with Crippen molar-refractivity contribution < 1.29 is 4.39 Å². The fraction of sp³-hybridized carbons (Fsp3) is 0.625. The highest BCUT2D eigenvalue weighted by Crippen LogP contribution is 2.20. The lowest BCUT2D eigenvalue weighted by Crippen LogP contribution is -2.28. The Balaban J connectivity index is 1.90. The minimum absolute atomic E-state index is 0.160. The van der Waals surface area contributed by atoms with Gasteiger partial charge in [-0.15, -0.1) is 0 Å². The normalized spacial score (nSPS) is 21.7. The van der Waals surface area contributed by atoms with Crippen molar-refractivity contribution in [1.82, 2.24) is 10.2 Å². The Bertz CT molecular complexity index is 377. The quantitative estimate of drug-likeness (QED) is 0.849. The van der Waals surface area contributed by atoms with Crippen molar-refractivity contribution >= 4 is 0 Å². The van der Waals surface area contributed by atoms with Gasteiger partial charge in [0.2, 0.25) is 0 Å². The molecule has 1 aromatic rings. The van der Waals surface area contributed by atoms with Crippen LogP contribution in [0.15, 0.2) is 24.3 Å². The highest BCUT2D eigenvalue weighted by molar-refractivity contribution is 5.19. The number of likely N-dealkylation sites (tertiary alicyclic amines) is 1. The summed E-state index contributed by atoms with van der Waals surface area (Å²) < 4.78 is 13.0. The number of hydrogen-bond acceptors (Lipinski definition) is 2. The number of benzene rings is 1. The first kappa shape index (κ1) is 14.5. The van der Waals surface area contributed by atoms with E-state index in [0.717, 1.165) is 25.4 Å². The van der Waals surface area contributed by atoms with E-state index in [1.807, 2.05) is 12.1 Å². The first-order valence-electron chi connectivity index (χ1n) is 7.40. The average molecular weight is 264 g/mol. The Morgan fingerprint density at radius 2 is 2.11 bits per heavy atom. The summed E-state index contributed by atoms with van der Waals surface area (Å²) in [5, 5.41) is 3.50. The summed E-state index contributed by atoms with van der Waals surface area (Å²) in [5.41, 5.74) is 1.19. The molecule has 0 aliphatic carbocycles. The lowest BCUT2D eigenvalue weighted by molar-refractivity contribution is 0.302. The molecule has 1 heterocycles. The van der Waals surface area contributed by atoms with Gasteiger partial charge >= 0.3 is 0 Å². The molecular formula is C16H25FN2. The molecule has 1 N–H and O–H groups in total. The van der Waals surface area contributed by atoms with Gasteiger partial charge in [-0.2, -0.15) is 0 Å². The molecule has 2 atom stereocenters. The molecule has 1 saturated heterocycles. The van der Waals surface area contributed by atoms with E-state index in [2.05, 4.69) is 24.1 Å². The topological polar surface area (TPSA) is 15.3 Å². The monoisotopic (exact) mass is 264 g/mol. The molecule has 1 aromatic carbocycles. The van der Waals surface area contributed by atoms with E-state index in [9.17, 15) is 4.39 Å². The Morgan fingerprint density at radius 3 is 2.68 bits per heavy atom. The Hall–Kier alpha value is -0.930. The van der Waals surface area contributed by atoms with Crippen LogP contribution in [-0.2, 0) is 0 Å². The van der Waals surface area contributed by atoms with Crippen LogP contribution >= 0.6 is 0 Å². The number of nitrogens with zero attached hydrogens (tertiary/aromatic N) is 1. The van der Waals surface area contributed by atoms with Crippen LogP contribution in [-0.4, -0.2) is 31.1 Å². The van der Waals surface area contributed by atoms with Gasteiger partial charge in [-0.3, -0.25) is 0 Å². The molecule has 1 aliphatic heterocycles. The van der Waals surface area contributed by atoms with Crippen LogP contribution < -0.4 is 5.32 Å². The second-order valence-corrected chi connectivity index (χ2v) is 5.64. The SMILES string of the molecule is CCNC(CCN1CCC(C)C1)c1ccc(F)cc1. The van der Waals surface area contributed by atoms with Crippen molar-refractivity contribution in [2.45, 2.75) is 32.7 Å². The maximum atomic E-state index is 13.0. The molecule has 3 heteroatoms. The minimum Gasteiger partial charge on any atom is -0.310 e. The molecule has 0 bridgehead atoms. The van der Waals surface area contributed by atoms with Crippen LogP contribution in [0.2, 0.25) is 0 Å². The van der Waals surface area contributed by atoms with Gasteiger partial charge in [0.1, 0.15) is 5.82 Å². The molecule has 0 radical (unpaired) electrons. The maximum Gasteiger partial charge on any atom is 0.123 e. The largest absolute Gasteiger partial charge is 0.310 e. The van der Waals surface area contributed by atoms with Gasteiger partial charge in [0.05, 0.1) is 0 Å². The number of halogens is 1. The molecule has 1 fully saturated rings. The summed E-state index contributed by atoms with van der Waals surface area (Å²) in [7, 11) is 0.